The van der Waals surface area contributed by atoms with Gasteiger partial charge >= 0.3 is 0 Å². The number of nitrogens with zero attached hydrogens (tertiary/aromatic N) is 1. The molecule has 1 spiro atoms. The van der Waals surface area contributed by atoms with Crippen LogP contribution in [0.1, 0.15) is 24.0 Å². The predicted octanol–water partition coefficient (Wildman–Crippen LogP) is 3.13. The van der Waals surface area contributed by atoms with Gasteiger partial charge in [0, 0.05) is 15.9 Å². The van der Waals surface area contributed by atoms with E-state index in [-0.39, 0.29) is 11.5 Å². The second kappa shape index (κ2) is 4.36. The van der Waals surface area contributed by atoms with Crippen molar-refractivity contribution in [1.82, 2.24) is 5.32 Å². The molecule has 1 aliphatic heterocycles. The molecule has 1 aromatic carbocycles. The summed E-state index contributed by atoms with van der Waals surface area (Å²) < 4.78 is 1.03. The molecule has 19 heavy (non-hydrogen) atoms. The summed E-state index contributed by atoms with van der Waals surface area (Å²) in [5.74, 6) is -0.366. The zero-order valence-electron chi connectivity index (χ0n) is 9.96. The Kier molecular flexibility index (Phi) is 2.92. The molecule has 5 heteroatoms. The fourth-order valence-electron chi connectivity index (χ4n) is 2.94. The van der Waals surface area contributed by atoms with Crippen LogP contribution < -0.4 is 5.32 Å². The largest absolute Gasteiger partial charge is 0.341 e. The van der Waals surface area contributed by atoms with Gasteiger partial charge in [-0.3, -0.25) is 4.79 Å². The Morgan fingerprint density at radius 3 is 2.95 bits per heavy atom. The van der Waals surface area contributed by atoms with Crippen molar-refractivity contribution < 1.29 is 4.79 Å². The molecule has 0 saturated carbocycles. The molecule has 1 N–H and O–H groups in total. The first kappa shape index (κ1) is 12.7. The van der Waals surface area contributed by atoms with Gasteiger partial charge in [-0.25, -0.2) is 0 Å². The van der Waals surface area contributed by atoms with Gasteiger partial charge in [0.2, 0.25) is 0 Å². The molecule has 0 bridgehead atoms. The molecule has 0 aromatic heterocycles. The monoisotopic (exact) mass is 336 g/mol. The Morgan fingerprint density at radius 1 is 1.47 bits per heavy atom. The molecule has 0 unspecified atom stereocenters. The minimum absolute atomic E-state index is 0.0397. The number of fused-ring (bicyclic) bond motifs is 2. The Bertz CT molecular complexity index is 662. The van der Waals surface area contributed by atoms with Gasteiger partial charge < -0.3 is 5.32 Å². The van der Waals surface area contributed by atoms with E-state index in [9.17, 15) is 4.79 Å². The lowest BCUT2D eigenvalue weighted by Gasteiger charge is -2.35. The lowest BCUT2D eigenvalue weighted by atomic mass is 9.84. The van der Waals surface area contributed by atoms with E-state index in [0.717, 1.165) is 22.9 Å². The van der Waals surface area contributed by atoms with Crippen LogP contribution in [-0.4, -0.2) is 5.91 Å². The Hall–Kier alpha value is -1.31. The van der Waals surface area contributed by atoms with E-state index in [1.54, 1.807) is 0 Å². The number of carbonyl (C=O) groups is 1. The number of halogens is 2. The van der Waals surface area contributed by atoms with Crippen LogP contribution in [-0.2, 0) is 16.8 Å². The quantitative estimate of drug-likeness (QED) is 0.791. The molecule has 2 aliphatic rings. The minimum Gasteiger partial charge on any atom is -0.341 e. The van der Waals surface area contributed by atoms with Gasteiger partial charge in [0.05, 0.1) is 5.54 Å². The van der Waals surface area contributed by atoms with Crippen molar-refractivity contribution in [3.63, 3.8) is 0 Å². The first-order valence-corrected chi connectivity index (χ1v) is 7.13. The molecule has 0 fully saturated rings. The number of nitriles is 1. The fourth-order valence-corrected chi connectivity index (χ4v) is 3.71. The first-order chi connectivity index (χ1) is 9.05. The molecular weight excluding hydrogens is 328 g/mol. The summed E-state index contributed by atoms with van der Waals surface area (Å²) >= 11 is 9.59. The third kappa shape index (κ3) is 1.89. The lowest BCUT2D eigenvalue weighted by Crippen LogP contribution is -2.48. The molecule has 0 radical (unpaired) electrons. The van der Waals surface area contributed by atoms with E-state index in [4.69, 9.17) is 16.9 Å². The molecule has 1 heterocycles. The van der Waals surface area contributed by atoms with Gasteiger partial charge in [0.15, 0.2) is 0 Å². The van der Waals surface area contributed by atoms with Crippen molar-refractivity contribution in [2.45, 2.75) is 24.8 Å². The highest BCUT2D eigenvalue weighted by atomic mass is 79.9. The van der Waals surface area contributed by atoms with Gasteiger partial charge in [-0.15, -0.1) is 0 Å². The topological polar surface area (TPSA) is 52.9 Å². The van der Waals surface area contributed by atoms with E-state index in [0.29, 0.717) is 11.5 Å². The summed E-state index contributed by atoms with van der Waals surface area (Å²) in [5.41, 5.74) is 1.93. The number of carbonyl (C=O) groups excluding carboxylic acids is 1. The summed E-state index contributed by atoms with van der Waals surface area (Å²) in [6.45, 7) is 0. The minimum atomic E-state index is -0.440. The summed E-state index contributed by atoms with van der Waals surface area (Å²) in [7, 11) is 0. The van der Waals surface area contributed by atoms with Crippen LogP contribution in [0.4, 0.5) is 0 Å². The second-order valence-electron chi connectivity index (χ2n) is 4.91. The Labute approximate surface area is 124 Å². The van der Waals surface area contributed by atoms with Crippen LogP contribution in [0.5, 0.6) is 0 Å². The average molecular weight is 338 g/mol. The number of aryl methyl sites for hydroxylation is 1. The van der Waals surface area contributed by atoms with Crippen molar-refractivity contribution in [2.75, 3.05) is 0 Å². The SMILES string of the molecule is N#CC1=C(Cl)C[C@]2(CCc3cc(Br)ccc32)NC1=O. The lowest BCUT2D eigenvalue weighted by molar-refractivity contribution is -0.119. The van der Waals surface area contributed by atoms with E-state index >= 15 is 0 Å². The summed E-state index contributed by atoms with van der Waals surface area (Å²) in [5, 5.41) is 12.3. The molecule has 3 rings (SSSR count). The third-order valence-corrected chi connectivity index (χ3v) is 4.64. The third-order valence-electron chi connectivity index (χ3n) is 3.82. The molecule has 1 aliphatic carbocycles. The van der Waals surface area contributed by atoms with Gasteiger partial charge in [0.25, 0.3) is 5.91 Å². The Morgan fingerprint density at radius 2 is 2.26 bits per heavy atom. The van der Waals surface area contributed by atoms with Crippen LogP contribution in [0, 0.1) is 11.3 Å². The van der Waals surface area contributed by atoms with Crippen molar-refractivity contribution in [3.8, 4) is 6.07 Å². The highest BCUT2D eigenvalue weighted by Crippen LogP contribution is 2.45. The standard InChI is InChI=1S/C14H10BrClN2O/c15-9-1-2-11-8(5-9)3-4-14(11)6-12(16)10(7-17)13(19)18-14/h1-2,5H,3-4,6H2,(H,18,19)/t14-/m0/s1. The van der Waals surface area contributed by atoms with E-state index in [1.165, 1.54) is 5.56 Å². The molecule has 0 saturated heterocycles. The average Bonchev–Trinajstić information content (AvgIpc) is 2.67. The highest BCUT2D eigenvalue weighted by Gasteiger charge is 2.44. The highest BCUT2D eigenvalue weighted by molar-refractivity contribution is 9.10. The van der Waals surface area contributed by atoms with E-state index < -0.39 is 5.54 Å². The zero-order valence-corrected chi connectivity index (χ0v) is 12.3. The number of hydrogen-bond acceptors (Lipinski definition) is 2. The number of rotatable bonds is 0. The van der Waals surface area contributed by atoms with Gasteiger partial charge in [-0.05, 0) is 36.1 Å². The molecule has 3 nitrogen and oxygen atoms in total. The first-order valence-electron chi connectivity index (χ1n) is 5.96. The number of nitrogens with one attached hydrogen (secondary N) is 1. The summed E-state index contributed by atoms with van der Waals surface area (Å²) in [6, 6.07) is 7.94. The van der Waals surface area contributed by atoms with Crippen LogP contribution in [0.15, 0.2) is 33.3 Å². The maximum absolute atomic E-state index is 12.0. The molecular formula is C14H10BrClN2O. The van der Waals surface area contributed by atoms with Crippen LogP contribution in [0.25, 0.3) is 0 Å². The van der Waals surface area contributed by atoms with Crippen molar-refractivity contribution in [2.24, 2.45) is 0 Å². The van der Waals surface area contributed by atoms with E-state index in [1.807, 2.05) is 18.2 Å². The van der Waals surface area contributed by atoms with Crippen molar-refractivity contribution in [3.05, 3.63) is 44.4 Å². The zero-order chi connectivity index (χ0) is 13.6. The van der Waals surface area contributed by atoms with Crippen molar-refractivity contribution in [1.29, 1.82) is 5.26 Å². The van der Waals surface area contributed by atoms with Crippen LogP contribution >= 0.6 is 27.5 Å². The number of benzene rings is 1. The molecule has 96 valence electrons. The van der Waals surface area contributed by atoms with Crippen LogP contribution in [0.3, 0.4) is 0 Å². The van der Waals surface area contributed by atoms with E-state index in [2.05, 4.69) is 27.3 Å². The van der Waals surface area contributed by atoms with Gasteiger partial charge in [0.1, 0.15) is 11.6 Å². The predicted molar refractivity (Wildman–Crippen MR) is 75.4 cm³/mol. The maximum atomic E-state index is 12.0. The summed E-state index contributed by atoms with van der Waals surface area (Å²) in [4.78, 5) is 12.0. The van der Waals surface area contributed by atoms with Crippen LogP contribution in [0.2, 0.25) is 0 Å². The van der Waals surface area contributed by atoms with Gasteiger partial charge in [-0.1, -0.05) is 33.6 Å². The molecule has 1 amide bonds. The summed E-state index contributed by atoms with van der Waals surface area (Å²) in [6.07, 6.45) is 2.22. The molecule has 1 atom stereocenters. The smallest absolute Gasteiger partial charge is 0.263 e. The number of amides is 1. The van der Waals surface area contributed by atoms with Gasteiger partial charge in [-0.2, -0.15) is 5.26 Å². The number of hydrogen-bond donors (Lipinski definition) is 1. The van der Waals surface area contributed by atoms with Crippen molar-refractivity contribution >= 4 is 33.4 Å². The maximum Gasteiger partial charge on any atom is 0.263 e. The normalized spacial score (nSPS) is 25.2. The molecule has 1 aromatic rings. The Balaban J connectivity index is 2.09. The second-order valence-corrected chi connectivity index (χ2v) is 6.28. The fraction of sp³-hybridized carbons (Fsp3) is 0.286.